The molecule has 5 heterocycles. The van der Waals surface area contributed by atoms with E-state index in [2.05, 4.69) is 44.3 Å². The lowest BCUT2D eigenvalue weighted by atomic mass is 9.83. The Kier molecular flexibility index (Phi) is 11.2. The molecular weight excluding hydrogens is 744 g/mol. The number of anilines is 2. The lowest BCUT2D eigenvalue weighted by molar-refractivity contribution is -0.139. The van der Waals surface area contributed by atoms with Crippen molar-refractivity contribution in [3.63, 3.8) is 0 Å². The van der Waals surface area contributed by atoms with E-state index in [1.54, 1.807) is 17.0 Å². The zero-order chi connectivity index (χ0) is 40.8. The summed E-state index contributed by atoms with van der Waals surface area (Å²) in [5, 5.41) is 2.36. The zero-order valence-corrected chi connectivity index (χ0v) is 34.0. The van der Waals surface area contributed by atoms with Gasteiger partial charge < -0.3 is 24.3 Å². The minimum absolute atomic E-state index is 0.118. The van der Waals surface area contributed by atoms with Crippen LogP contribution in [0.1, 0.15) is 111 Å². The number of halogens is 3. The monoisotopic (exact) mass is 799 g/mol. The summed E-state index contributed by atoms with van der Waals surface area (Å²) in [4.78, 5) is 45.8. The van der Waals surface area contributed by atoms with Gasteiger partial charge in [0.25, 0.3) is 5.91 Å². The number of benzene rings is 3. The molecule has 8 rings (SSSR count). The SMILES string of the molecule is CC(C)(C)c1ccc(N2CCC(c3ccc(N4CCC(CN5CCC(Oc6ccc7c(c6)CN(C6CCC(=O)NC6=O)C7=O)CC5)CC4)cc3)CC2)cc1C(F)(F)F. The molecule has 310 valence electrons. The number of carbonyl (C=O) groups is 3. The van der Waals surface area contributed by atoms with Gasteiger partial charge in [0.15, 0.2) is 0 Å². The third-order valence-corrected chi connectivity index (χ3v) is 13.2. The molecule has 5 aliphatic heterocycles. The van der Waals surface area contributed by atoms with E-state index in [1.165, 1.54) is 17.3 Å². The van der Waals surface area contributed by atoms with Crippen molar-refractivity contribution in [1.29, 1.82) is 0 Å². The molecule has 5 aliphatic rings. The van der Waals surface area contributed by atoms with Gasteiger partial charge >= 0.3 is 6.18 Å². The van der Waals surface area contributed by atoms with E-state index in [0.717, 1.165) is 95.7 Å². The molecule has 0 radical (unpaired) electrons. The lowest BCUT2D eigenvalue weighted by Gasteiger charge is -2.38. The first-order valence-corrected chi connectivity index (χ1v) is 21.2. The number of ether oxygens (including phenoxy) is 1. The maximum atomic E-state index is 14.0. The first-order chi connectivity index (χ1) is 27.7. The van der Waals surface area contributed by atoms with Crippen molar-refractivity contribution in [2.75, 3.05) is 55.6 Å². The molecule has 1 unspecified atom stereocenters. The van der Waals surface area contributed by atoms with Crippen LogP contribution in [0.4, 0.5) is 24.5 Å². The van der Waals surface area contributed by atoms with Gasteiger partial charge in [0.2, 0.25) is 11.8 Å². The largest absolute Gasteiger partial charge is 0.490 e. The minimum atomic E-state index is -4.38. The summed E-state index contributed by atoms with van der Waals surface area (Å²) in [6.07, 6.45) is 2.38. The molecule has 0 aliphatic carbocycles. The van der Waals surface area contributed by atoms with Gasteiger partial charge in [0, 0.05) is 75.7 Å². The second-order valence-electron chi connectivity index (χ2n) is 18.1. The maximum absolute atomic E-state index is 14.0. The Balaban J connectivity index is 0.759. The van der Waals surface area contributed by atoms with Crippen LogP contribution in [0.3, 0.4) is 0 Å². The van der Waals surface area contributed by atoms with Gasteiger partial charge in [0.05, 0.1) is 5.56 Å². The molecule has 0 saturated carbocycles. The van der Waals surface area contributed by atoms with Gasteiger partial charge in [-0.25, -0.2) is 0 Å². The number of hydrogen-bond acceptors (Lipinski definition) is 7. The second kappa shape index (κ2) is 16.2. The number of piperidine rings is 4. The fourth-order valence-corrected chi connectivity index (χ4v) is 9.81. The van der Waals surface area contributed by atoms with Gasteiger partial charge in [-0.2, -0.15) is 13.2 Å². The summed E-state index contributed by atoms with van der Waals surface area (Å²) in [6, 6.07) is 18.9. The van der Waals surface area contributed by atoms with E-state index in [1.807, 2.05) is 39.0 Å². The van der Waals surface area contributed by atoms with Crippen molar-refractivity contribution in [3.8, 4) is 5.75 Å². The van der Waals surface area contributed by atoms with Crippen LogP contribution in [0.2, 0.25) is 0 Å². The van der Waals surface area contributed by atoms with Crippen LogP contribution in [0.15, 0.2) is 60.7 Å². The molecule has 0 aromatic heterocycles. The second-order valence-corrected chi connectivity index (χ2v) is 18.1. The Bertz CT molecular complexity index is 1990. The Hall–Kier alpha value is -4.58. The van der Waals surface area contributed by atoms with Crippen LogP contribution in [0.5, 0.6) is 5.75 Å². The normalized spacial score (nSPS) is 22.1. The summed E-state index contributed by atoms with van der Waals surface area (Å²) >= 11 is 0. The molecule has 3 amide bonds. The number of likely N-dealkylation sites (tertiary alicyclic amines) is 1. The van der Waals surface area contributed by atoms with Gasteiger partial charge in [-0.15, -0.1) is 0 Å². The number of alkyl halides is 3. The molecule has 1 atom stereocenters. The number of rotatable bonds is 8. The van der Waals surface area contributed by atoms with Crippen molar-refractivity contribution < 1.29 is 32.3 Å². The van der Waals surface area contributed by atoms with Crippen molar-refractivity contribution >= 4 is 29.1 Å². The topological polar surface area (TPSA) is 85.4 Å². The number of fused-ring (bicyclic) bond motifs is 1. The number of hydrogen-bond donors (Lipinski definition) is 1. The van der Waals surface area contributed by atoms with Crippen LogP contribution in [-0.2, 0) is 27.7 Å². The molecule has 3 aromatic carbocycles. The van der Waals surface area contributed by atoms with Crippen LogP contribution in [0, 0.1) is 5.92 Å². The number of carbonyl (C=O) groups excluding carboxylic acids is 3. The third-order valence-electron chi connectivity index (χ3n) is 13.2. The number of nitrogens with zero attached hydrogens (tertiary/aromatic N) is 4. The standard InChI is InChI=1S/C46H56F3N5O4/c1-45(2,3)39-11-8-35(27-40(39)46(47,48)49)53-24-16-32(17-25-53)31-4-6-34(7-5-31)52-22-14-30(15-23-52)28-51-20-18-36(19-21-51)58-37-9-10-38-33(26-37)29-54(44(38)57)41-12-13-42(55)50-43(41)56/h4-11,26-27,30,32,36,41H,12-25,28-29H2,1-3H3,(H,50,55,56). The van der Waals surface area contributed by atoms with Crippen LogP contribution < -0.4 is 19.9 Å². The Morgan fingerprint density at radius 3 is 2.03 bits per heavy atom. The fourth-order valence-electron chi connectivity index (χ4n) is 9.81. The summed E-state index contributed by atoms with van der Waals surface area (Å²) in [6.45, 7) is 12.5. The summed E-state index contributed by atoms with van der Waals surface area (Å²) in [7, 11) is 0. The molecular formula is C46H56F3N5O4. The molecule has 0 spiro atoms. The Labute approximate surface area is 339 Å². The van der Waals surface area contributed by atoms with Crippen molar-refractivity contribution in [1.82, 2.24) is 15.1 Å². The van der Waals surface area contributed by atoms with E-state index in [4.69, 9.17) is 4.74 Å². The molecule has 1 N–H and O–H groups in total. The third kappa shape index (κ3) is 8.72. The highest BCUT2D eigenvalue weighted by molar-refractivity contribution is 6.05. The summed E-state index contributed by atoms with van der Waals surface area (Å²) in [5.74, 6) is 0.954. The van der Waals surface area contributed by atoms with E-state index in [0.29, 0.717) is 41.6 Å². The molecule has 4 saturated heterocycles. The highest BCUT2D eigenvalue weighted by Gasteiger charge is 2.40. The lowest BCUT2D eigenvalue weighted by Crippen LogP contribution is -2.52. The van der Waals surface area contributed by atoms with E-state index in [-0.39, 0.29) is 24.3 Å². The van der Waals surface area contributed by atoms with Crippen LogP contribution in [0.25, 0.3) is 0 Å². The molecule has 12 heteroatoms. The summed E-state index contributed by atoms with van der Waals surface area (Å²) < 4.78 is 48.4. The van der Waals surface area contributed by atoms with Crippen LogP contribution >= 0.6 is 0 Å². The van der Waals surface area contributed by atoms with Crippen molar-refractivity contribution in [2.24, 2.45) is 5.92 Å². The van der Waals surface area contributed by atoms with Crippen molar-refractivity contribution in [3.05, 3.63) is 88.5 Å². The van der Waals surface area contributed by atoms with Gasteiger partial charge in [-0.05, 0) is 121 Å². The van der Waals surface area contributed by atoms with E-state index >= 15 is 0 Å². The quantitative estimate of drug-likeness (QED) is 0.232. The molecule has 3 aromatic rings. The van der Waals surface area contributed by atoms with Gasteiger partial charge in [-0.3, -0.25) is 19.7 Å². The predicted octanol–water partition coefficient (Wildman–Crippen LogP) is 7.91. The number of nitrogens with one attached hydrogen (secondary N) is 1. The number of imide groups is 1. The molecule has 9 nitrogen and oxygen atoms in total. The predicted molar refractivity (Wildman–Crippen MR) is 218 cm³/mol. The Morgan fingerprint density at radius 2 is 1.38 bits per heavy atom. The average Bonchev–Trinajstić information content (AvgIpc) is 3.53. The van der Waals surface area contributed by atoms with Gasteiger partial charge in [0.1, 0.15) is 17.9 Å². The highest BCUT2D eigenvalue weighted by atomic mass is 19.4. The van der Waals surface area contributed by atoms with Gasteiger partial charge in [-0.1, -0.05) is 39.0 Å². The maximum Gasteiger partial charge on any atom is 0.416 e. The fraction of sp³-hybridized carbons (Fsp3) is 0.543. The van der Waals surface area contributed by atoms with E-state index in [9.17, 15) is 27.6 Å². The zero-order valence-electron chi connectivity index (χ0n) is 34.0. The Morgan fingerprint density at radius 1 is 0.724 bits per heavy atom. The first kappa shape index (κ1) is 40.2. The highest BCUT2D eigenvalue weighted by Crippen LogP contribution is 2.41. The first-order valence-electron chi connectivity index (χ1n) is 21.2. The summed E-state index contributed by atoms with van der Waals surface area (Å²) in [5.41, 5.74) is 3.92. The van der Waals surface area contributed by atoms with E-state index < -0.39 is 29.1 Å². The number of amides is 3. The molecule has 4 fully saturated rings. The van der Waals surface area contributed by atoms with Crippen LogP contribution in [-0.4, -0.2) is 85.5 Å². The molecule has 0 bridgehead atoms. The average molecular weight is 800 g/mol. The minimum Gasteiger partial charge on any atom is -0.490 e. The smallest absolute Gasteiger partial charge is 0.416 e. The van der Waals surface area contributed by atoms with Crippen molar-refractivity contribution in [2.45, 2.75) is 108 Å². The molecule has 58 heavy (non-hydrogen) atoms.